The molecule has 1 aliphatic rings. The van der Waals surface area contributed by atoms with Crippen molar-refractivity contribution in [3.05, 3.63) is 0 Å². The second kappa shape index (κ2) is 4.33. The van der Waals surface area contributed by atoms with Gasteiger partial charge in [-0.3, -0.25) is 0 Å². The third-order valence-corrected chi connectivity index (χ3v) is 3.49. The first-order chi connectivity index (χ1) is 5.33. The van der Waals surface area contributed by atoms with Gasteiger partial charge in [0.15, 0.2) is 0 Å². The molecule has 0 amide bonds. The van der Waals surface area contributed by atoms with Crippen molar-refractivity contribution in [1.29, 1.82) is 0 Å². The number of nitrogens with one attached hydrogen (secondary N) is 1. The number of nitrogens with two attached hydrogens (primary N) is 1. The summed E-state index contributed by atoms with van der Waals surface area (Å²) in [6.07, 6.45) is 2.45. The van der Waals surface area contributed by atoms with Gasteiger partial charge in [-0.2, -0.15) is 11.8 Å². The van der Waals surface area contributed by atoms with Crippen LogP contribution in [0.2, 0.25) is 0 Å². The molecule has 0 bridgehead atoms. The van der Waals surface area contributed by atoms with Crippen molar-refractivity contribution >= 4 is 11.8 Å². The molecule has 0 aromatic rings. The Morgan fingerprint density at radius 1 is 1.64 bits per heavy atom. The molecule has 0 saturated carbocycles. The molecule has 0 spiro atoms. The highest BCUT2D eigenvalue weighted by molar-refractivity contribution is 7.99. The zero-order chi connectivity index (χ0) is 8.16. The fourth-order valence-corrected chi connectivity index (χ4v) is 2.80. The van der Waals surface area contributed by atoms with Crippen LogP contribution in [-0.4, -0.2) is 30.1 Å². The van der Waals surface area contributed by atoms with E-state index in [1.807, 2.05) is 11.8 Å². The first kappa shape index (κ1) is 9.36. The van der Waals surface area contributed by atoms with Crippen molar-refractivity contribution in [2.24, 2.45) is 5.73 Å². The highest BCUT2D eigenvalue weighted by atomic mass is 32.2. The summed E-state index contributed by atoms with van der Waals surface area (Å²) < 4.78 is 0. The molecule has 1 heterocycles. The number of thioether (sulfide) groups is 1. The summed E-state index contributed by atoms with van der Waals surface area (Å²) in [5.74, 6) is 2.47. The SMILES string of the molecule is CCCNC1(CN)CCSC1. The summed E-state index contributed by atoms with van der Waals surface area (Å²) in [5, 5.41) is 3.55. The Morgan fingerprint density at radius 2 is 2.45 bits per heavy atom. The van der Waals surface area contributed by atoms with Crippen molar-refractivity contribution in [2.75, 3.05) is 24.6 Å². The zero-order valence-electron chi connectivity index (χ0n) is 7.23. The maximum atomic E-state index is 5.73. The predicted octanol–water partition coefficient (Wildman–Crippen LogP) is 0.820. The molecule has 0 aliphatic carbocycles. The lowest BCUT2D eigenvalue weighted by molar-refractivity contribution is 0.374. The summed E-state index contributed by atoms with van der Waals surface area (Å²) in [7, 11) is 0. The Hall–Kier alpha value is 0.270. The van der Waals surface area contributed by atoms with Crippen molar-refractivity contribution in [2.45, 2.75) is 25.3 Å². The van der Waals surface area contributed by atoms with Gasteiger partial charge in [0, 0.05) is 17.8 Å². The first-order valence-electron chi connectivity index (χ1n) is 4.36. The molecule has 1 saturated heterocycles. The van der Waals surface area contributed by atoms with E-state index in [-0.39, 0.29) is 5.54 Å². The molecule has 1 atom stereocenters. The number of hydrogen-bond acceptors (Lipinski definition) is 3. The van der Waals surface area contributed by atoms with Crippen molar-refractivity contribution in [3.63, 3.8) is 0 Å². The quantitative estimate of drug-likeness (QED) is 0.663. The van der Waals surface area contributed by atoms with Crippen LogP contribution in [0, 0.1) is 0 Å². The molecular weight excluding hydrogens is 156 g/mol. The molecule has 1 unspecified atom stereocenters. The molecule has 11 heavy (non-hydrogen) atoms. The van der Waals surface area contributed by atoms with E-state index in [4.69, 9.17) is 5.73 Å². The lowest BCUT2D eigenvalue weighted by atomic mass is 9.99. The van der Waals surface area contributed by atoms with Gasteiger partial charge >= 0.3 is 0 Å². The molecular formula is C8H18N2S. The summed E-state index contributed by atoms with van der Waals surface area (Å²) in [6, 6.07) is 0. The standard InChI is InChI=1S/C8H18N2S/c1-2-4-10-8(6-9)3-5-11-7-8/h10H,2-7,9H2,1H3. The molecule has 3 N–H and O–H groups in total. The molecule has 1 fully saturated rings. The van der Waals surface area contributed by atoms with Gasteiger partial charge < -0.3 is 11.1 Å². The van der Waals surface area contributed by atoms with Gasteiger partial charge in [-0.15, -0.1) is 0 Å². The Labute approximate surface area is 73.3 Å². The summed E-state index contributed by atoms with van der Waals surface area (Å²) in [5.41, 5.74) is 6.01. The van der Waals surface area contributed by atoms with Crippen molar-refractivity contribution in [3.8, 4) is 0 Å². The van der Waals surface area contributed by atoms with Crippen LogP contribution < -0.4 is 11.1 Å². The molecule has 1 rings (SSSR count). The summed E-state index contributed by atoms with van der Waals surface area (Å²) in [4.78, 5) is 0. The van der Waals surface area contributed by atoms with E-state index < -0.39 is 0 Å². The smallest absolute Gasteiger partial charge is 0.0403 e. The monoisotopic (exact) mass is 174 g/mol. The van der Waals surface area contributed by atoms with Gasteiger partial charge in [0.05, 0.1) is 0 Å². The normalized spacial score (nSPS) is 31.1. The van der Waals surface area contributed by atoms with Crippen LogP contribution in [0.5, 0.6) is 0 Å². The molecule has 3 heteroatoms. The highest BCUT2D eigenvalue weighted by Gasteiger charge is 2.31. The third kappa shape index (κ3) is 2.36. The third-order valence-electron chi connectivity index (χ3n) is 2.24. The molecule has 2 nitrogen and oxygen atoms in total. The van der Waals surface area contributed by atoms with Crippen molar-refractivity contribution < 1.29 is 0 Å². The summed E-state index contributed by atoms with van der Waals surface area (Å²) >= 11 is 2.01. The lowest BCUT2D eigenvalue weighted by Gasteiger charge is -2.27. The second-order valence-corrected chi connectivity index (χ2v) is 4.32. The fraction of sp³-hybridized carbons (Fsp3) is 1.00. The first-order valence-corrected chi connectivity index (χ1v) is 5.51. The lowest BCUT2D eigenvalue weighted by Crippen LogP contribution is -2.51. The molecule has 0 aromatic heterocycles. The molecule has 0 aromatic carbocycles. The van der Waals surface area contributed by atoms with E-state index in [0.29, 0.717) is 0 Å². The van der Waals surface area contributed by atoms with Gasteiger partial charge in [0.2, 0.25) is 0 Å². The van der Waals surface area contributed by atoms with Crippen molar-refractivity contribution in [1.82, 2.24) is 5.32 Å². The van der Waals surface area contributed by atoms with Gasteiger partial charge in [0.25, 0.3) is 0 Å². The minimum atomic E-state index is 0.278. The van der Waals surface area contributed by atoms with E-state index >= 15 is 0 Å². The van der Waals surface area contributed by atoms with E-state index in [0.717, 1.165) is 13.1 Å². The maximum Gasteiger partial charge on any atom is 0.0403 e. The molecule has 66 valence electrons. The van der Waals surface area contributed by atoms with Crippen LogP contribution in [-0.2, 0) is 0 Å². The van der Waals surface area contributed by atoms with Crippen LogP contribution in [0.1, 0.15) is 19.8 Å². The van der Waals surface area contributed by atoms with E-state index in [1.54, 1.807) is 0 Å². The van der Waals surface area contributed by atoms with E-state index in [1.165, 1.54) is 24.3 Å². The molecule has 0 radical (unpaired) electrons. The zero-order valence-corrected chi connectivity index (χ0v) is 8.04. The van der Waals surface area contributed by atoms with Gasteiger partial charge in [0.1, 0.15) is 0 Å². The predicted molar refractivity (Wildman–Crippen MR) is 52.0 cm³/mol. The minimum absolute atomic E-state index is 0.278. The van der Waals surface area contributed by atoms with E-state index in [2.05, 4.69) is 12.2 Å². The number of rotatable bonds is 4. The topological polar surface area (TPSA) is 38.0 Å². The maximum absolute atomic E-state index is 5.73. The second-order valence-electron chi connectivity index (χ2n) is 3.21. The van der Waals surface area contributed by atoms with Crippen LogP contribution in [0.4, 0.5) is 0 Å². The summed E-state index contributed by atoms with van der Waals surface area (Å²) in [6.45, 7) is 4.09. The minimum Gasteiger partial charge on any atom is -0.329 e. The van der Waals surface area contributed by atoms with Gasteiger partial charge in [-0.05, 0) is 25.1 Å². The van der Waals surface area contributed by atoms with Crippen LogP contribution in [0.15, 0.2) is 0 Å². The van der Waals surface area contributed by atoms with Crippen LogP contribution in [0.3, 0.4) is 0 Å². The average molecular weight is 174 g/mol. The Kier molecular flexibility index (Phi) is 3.69. The van der Waals surface area contributed by atoms with Crippen LogP contribution >= 0.6 is 11.8 Å². The largest absolute Gasteiger partial charge is 0.329 e. The Bertz CT molecular complexity index is 111. The highest BCUT2D eigenvalue weighted by Crippen LogP contribution is 2.26. The fourth-order valence-electron chi connectivity index (χ4n) is 1.37. The molecule has 1 aliphatic heterocycles. The van der Waals surface area contributed by atoms with Gasteiger partial charge in [-0.1, -0.05) is 6.92 Å². The average Bonchev–Trinajstić information content (AvgIpc) is 2.50. The number of hydrogen-bond donors (Lipinski definition) is 2. The van der Waals surface area contributed by atoms with E-state index in [9.17, 15) is 0 Å². The van der Waals surface area contributed by atoms with Gasteiger partial charge in [-0.25, -0.2) is 0 Å². The Morgan fingerprint density at radius 3 is 2.91 bits per heavy atom. The Balaban J connectivity index is 2.33. The van der Waals surface area contributed by atoms with Crippen LogP contribution in [0.25, 0.3) is 0 Å².